The predicted octanol–water partition coefficient (Wildman–Crippen LogP) is 13.4. The van der Waals surface area contributed by atoms with E-state index in [2.05, 4.69) is 170 Å². The molecule has 48 heavy (non-hydrogen) atoms. The van der Waals surface area contributed by atoms with Crippen LogP contribution in [0.4, 0.5) is 0 Å². The van der Waals surface area contributed by atoms with Gasteiger partial charge in [-0.15, -0.1) is 0 Å². The van der Waals surface area contributed by atoms with Crippen molar-refractivity contribution in [3.8, 4) is 44.5 Å². The Balaban J connectivity index is 1.34. The summed E-state index contributed by atoms with van der Waals surface area (Å²) >= 11 is 0. The van der Waals surface area contributed by atoms with E-state index in [1.807, 2.05) is 0 Å². The Hall–Kier alpha value is -6.24. The molecule has 0 N–H and O–H groups in total. The summed E-state index contributed by atoms with van der Waals surface area (Å²) < 4.78 is 0. The Morgan fingerprint density at radius 3 is 1.15 bits per heavy atom. The van der Waals surface area contributed by atoms with Gasteiger partial charge in [0.1, 0.15) is 0 Å². The summed E-state index contributed by atoms with van der Waals surface area (Å²) in [6, 6.07) is 53.9. The van der Waals surface area contributed by atoms with E-state index in [4.69, 9.17) is 0 Å². The first-order valence-corrected chi connectivity index (χ1v) is 16.8. The maximum atomic E-state index is 2.50. The first kappa shape index (κ1) is 25.9. The van der Waals surface area contributed by atoms with Gasteiger partial charge >= 0.3 is 0 Å². The van der Waals surface area contributed by atoms with Crippen LogP contribution in [-0.2, 0) is 0 Å². The van der Waals surface area contributed by atoms with E-state index in [0.717, 1.165) is 0 Å². The lowest BCUT2D eigenvalue weighted by Crippen LogP contribution is -1.96. The van der Waals surface area contributed by atoms with Crippen LogP contribution < -0.4 is 0 Å². The molecule has 0 amide bonds. The lowest BCUT2D eigenvalue weighted by molar-refractivity contribution is 1.59. The Morgan fingerprint density at radius 1 is 0.250 bits per heavy atom. The van der Waals surface area contributed by atoms with Crippen LogP contribution in [0.3, 0.4) is 0 Å². The molecule has 0 aromatic heterocycles. The highest BCUT2D eigenvalue weighted by Crippen LogP contribution is 2.53. The molecule has 2 aliphatic carbocycles. The van der Waals surface area contributed by atoms with E-state index in [9.17, 15) is 0 Å². The summed E-state index contributed by atoms with van der Waals surface area (Å²) in [5.41, 5.74) is 15.4. The molecular weight excluding hydrogens is 577 g/mol. The lowest BCUT2D eigenvalue weighted by Gasteiger charge is -2.22. The zero-order valence-corrected chi connectivity index (χ0v) is 26.2. The van der Waals surface area contributed by atoms with Crippen molar-refractivity contribution >= 4 is 67.4 Å². The highest BCUT2D eigenvalue weighted by molar-refractivity contribution is 6.38. The van der Waals surface area contributed by atoms with Crippen molar-refractivity contribution in [3.63, 3.8) is 0 Å². The zero-order chi connectivity index (χ0) is 31.3. The minimum atomic E-state index is 1.24. The van der Waals surface area contributed by atoms with Crippen LogP contribution in [0.15, 0.2) is 146 Å². The molecule has 0 fully saturated rings. The molecule has 11 rings (SSSR count). The average Bonchev–Trinajstić information content (AvgIpc) is 3.80. The van der Waals surface area contributed by atoms with Crippen LogP contribution in [0.1, 0.15) is 22.3 Å². The fraction of sp³-hybridized carbons (Fsp3) is 0. The molecule has 0 spiro atoms. The van der Waals surface area contributed by atoms with Gasteiger partial charge in [-0.2, -0.15) is 0 Å². The third-order valence-electron chi connectivity index (χ3n) is 10.8. The SMILES string of the molecule is C1=Cc2ccc3c4cc(-c5ccccc5-c5ccccc5)c5c6c(c(-c7ccccc7-c7ccccc7)cc(c7ccc1c2c73)c64)C=C5. The third kappa shape index (κ3) is 3.44. The summed E-state index contributed by atoms with van der Waals surface area (Å²) in [4.78, 5) is 0. The second-order valence-corrected chi connectivity index (χ2v) is 13.2. The van der Waals surface area contributed by atoms with Gasteiger partial charge in [-0.1, -0.05) is 158 Å². The van der Waals surface area contributed by atoms with Crippen molar-refractivity contribution in [1.82, 2.24) is 0 Å². The first-order valence-electron chi connectivity index (χ1n) is 16.8. The van der Waals surface area contributed by atoms with E-state index in [1.54, 1.807) is 0 Å². The maximum Gasteiger partial charge on any atom is -0.00134 e. The molecule has 9 aromatic carbocycles. The second kappa shape index (κ2) is 9.64. The van der Waals surface area contributed by atoms with Crippen molar-refractivity contribution in [3.05, 3.63) is 168 Å². The van der Waals surface area contributed by atoms with Crippen molar-refractivity contribution in [1.29, 1.82) is 0 Å². The van der Waals surface area contributed by atoms with Gasteiger partial charge in [0.05, 0.1) is 0 Å². The first-order chi connectivity index (χ1) is 23.8. The fourth-order valence-corrected chi connectivity index (χ4v) is 8.70. The number of benzene rings is 9. The van der Waals surface area contributed by atoms with Crippen LogP contribution in [0.25, 0.3) is 112 Å². The van der Waals surface area contributed by atoms with Gasteiger partial charge in [0.15, 0.2) is 0 Å². The van der Waals surface area contributed by atoms with E-state index in [0.29, 0.717) is 0 Å². The normalized spacial score (nSPS) is 12.8. The highest BCUT2D eigenvalue weighted by atomic mass is 14.3. The number of rotatable bonds is 4. The quantitative estimate of drug-likeness (QED) is 0.138. The molecule has 0 saturated heterocycles. The number of fused-ring (bicyclic) bond motifs is 2. The third-order valence-corrected chi connectivity index (χ3v) is 10.8. The molecule has 0 heteroatoms. The predicted molar refractivity (Wildman–Crippen MR) is 207 cm³/mol. The van der Waals surface area contributed by atoms with Gasteiger partial charge < -0.3 is 0 Å². The van der Waals surface area contributed by atoms with Gasteiger partial charge in [-0.05, 0) is 122 Å². The highest BCUT2D eigenvalue weighted by Gasteiger charge is 2.27. The topological polar surface area (TPSA) is 0 Å². The van der Waals surface area contributed by atoms with Gasteiger partial charge in [0.2, 0.25) is 0 Å². The molecule has 0 saturated carbocycles. The minimum absolute atomic E-state index is 1.24. The molecule has 0 bridgehead atoms. The molecule has 0 nitrogen and oxygen atoms in total. The Bertz CT molecular complexity index is 2660. The van der Waals surface area contributed by atoms with Crippen LogP contribution in [0.5, 0.6) is 0 Å². The smallest absolute Gasteiger partial charge is 0.00134 e. The molecule has 0 aliphatic heterocycles. The van der Waals surface area contributed by atoms with E-state index in [1.165, 1.54) is 110 Å². The van der Waals surface area contributed by atoms with Gasteiger partial charge in [-0.3, -0.25) is 0 Å². The van der Waals surface area contributed by atoms with E-state index in [-0.39, 0.29) is 0 Å². The largest absolute Gasteiger partial charge is 0.0622 e. The molecule has 0 heterocycles. The van der Waals surface area contributed by atoms with Crippen LogP contribution in [0, 0.1) is 0 Å². The van der Waals surface area contributed by atoms with E-state index < -0.39 is 0 Å². The van der Waals surface area contributed by atoms with Crippen LogP contribution in [0.2, 0.25) is 0 Å². The summed E-state index contributed by atoms with van der Waals surface area (Å²) in [6.45, 7) is 0. The zero-order valence-electron chi connectivity index (χ0n) is 26.2. The Kier molecular flexibility index (Phi) is 5.20. The molecular formula is C48H28. The van der Waals surface area contributed by atoms with Crippen molar-refractivity contribution in [2.24, 2.45) is 0 Å². The molecule has 0 radical (unpaired) electrons. The summed E-state index contributed by atoms with van der Waals surface area (Å²) in [5.74, 6) is 0. The van der Waals surface area contributed by atoms with Crippen molar-refractivity contribution in [2.75, 3.05) is 0 Å². The van der Waals surface area contributed by atoms with Crippen molar-refractivity contribution in [2.45, 2.75) is 0 Å². The summed E-state index contributed by atoms with van der Waals surface area (Å²) in [5, 5.41) is 10.8. The maximum absolute atomic E-state index is 2.50. The molecule has 2 aliphatic rings. The minimum Gasteiger partial charge on any atom is -0.0622 e. The molecule has 220 valence electrons. The van der Waals surface area contributed by atoms with Gasteiger partial charge in [0.25, 0.3) is 0 Å². The fourth-order valence-electron chi connectivity index (χ4n) is 8.70. The number of hydrogen-bond acceptors (Lipinski definition) is 0. The van der Waals surface area contributed by atoms with Crippen LogP contribution >= 0.6 is 0 Å². The lowest BCUT2D eigenvalue weighted by atomic mass is 9.81. The molecule has 0 unspecified atom stereocenters. The Labute approximate surface area is 278 Å². The average molecular weight is 605 g/mol. The van der Waals surface area contributed by atoms with Gasteiger partial charge in [-0.25, -0.2) is 0 Å². The number of hydrogen-bond donors (Lipinski definition) is 0. The van der Waals surface area contributed by atoms with Crippen LogP contribution in [-0.4, -0.2) is 0 Å². The monoisotopic (exact) mass is 604 g/mol. The van der Waals surface area contributed by atoms with Gasteiger partial charge in [0, 0.05) is 0 Å². The van der Waals surface area contributed by atoms with Crippen molar-refractivity contribution < 1.29 is 0 Å². The molecule has 0 atom stereocenters. The van der Waals surface area contributed by atoms with E-state index >= 15 is 0 Å². The standard InChI is InChI=1S/C48H28/c1-3-11-29(12-4-1)33-15-7-9-17-35(33)41-27-43-39-23-21-31-19-20-32-22-24-40(46(39)45(31)32)44-28-42(38-26-25-37(41)47(38)48(43)44)36-18-10-8-16-34(36)30-13-5-2-6-14-30/h1-28H. The summed E-state index contributed by atoms with van der Waals surface area (Å²) in [7, 11) is 0. The molecule has 9 aromatic rings. The second-order valence-electron chi connectivity index (χ2n) is 13.2. The Morgan fingerprint density at radius 2 is 0.667 bits per heavy atom. The summed E-state index contributed by atoms with van der Waals surface area (Å²) in [6.07, 6.45) is 9.30.